The first kappa shape index (κ1) is 14.3. The fourth-order valence-corrected chi connectivity index (χ4v) is 2.46. The van der Waals surface area contributed by atoms with Gasteiger partial charge in [0.05, 0.1) is 11.4 Å². The molecule has 0 aliphatic carbocycles. The van der Waals surface area contributed by atoms with Crippen LogP contribution in [0.5, 0.6) is 0 Å². The second-order valence-corrected chi connectivity index (χ2v) is 5.14. The van der Waals surface area contributed by atoms with Gasteiger partial charge < -0.3 is 15.5 Å². The average Bonchev–Trinajstić information content (AvgIpc) is 2.85. The number of carbonyl (C=O) groups is 1. The van der Waals surface area contributed by atoms with Crippen LogP contribution in [-0.4, -0.2) is 21.8 Å². The van der Waals surface area contributed by atoms with E-state index in [0.29, 0.717) is 13.0 Å². The third-order valence-corrected chi connectivity index (χ3v) is 3.56. The van der Waals surface area contributed by atoms with Crippen LogP contribution < -0.4 is 11.1 Å². The fourth-order valence-electron chi connectivity index (χ4n) is 2.46. The molecule has 22 heavy (non-hydrogen) atoms. The van der Waals surface area contributed by atoms with Gasteiger partial charge in [-0.05, 0) is 19.1 Å². The molecule has 5 heteroatoms. The lowest BCUT2D eigenvalue weighted by molar-refractivity contribution is -0.116. The van der Waals surface area contributed by atoms with Gasteiger partial charge in [0.25, 0.3) is 0 Å². The summed E-state index contributed by atoms with van der Waals surface area (Å²) < 4.78 is 1.99. The van der Waals surface area contributed by atoms with Gasteiger partial charge in [0.1, 0.15) is 5.65 Å². The highest BCUT2D eigenvalue weighted by Crippen LogP contribution is 2.24. The summed E-state index contributed by atoms with van der Waals surface area (Å²) in [5.41, 5.74) is 10.1. The first-order valence-electron chi connectivity index (χ1n) is 7.23. The van der Waals surface area contributed by atoms with Crippen LogP contribution in [0.3, 0.4) is 0 Å². The zero-order valence-electron chi connectivity index (χ0n) is 12.4. The quantitative estimate of drug-likeness (QED) is 0.777. The second kappa shape index (κ2) is 5.99. The van der Waals surface area contributed by atoms with E-state index in [-0.39, 0.29) is 5.91 Å². The molecule has 0 aliphatic heterocycles. The van der Waals surface area contributed by atoms with Gasteiger partial charge in [-0.1, -0.05) is 30.3 Å². The summed E-state index contributed by atoms with van der Waals surface area (Å²) in [4.78, 5) is 16.3. The van der Waals surface area contributed by atoms with Crippen molar-refractivity contribution in [3.63, 3.8) is 0 Å². The van der Waals surface area contributed by atoms with E-state index in [1.165, 1.54) is 0 Å². The Morgan fingerprint density at radius 3 is 2.73 bits per heavy atom. The van der Waals surface area contributed by atoms with Gasteiger partial charge in [0.15, 0.2) is 0 Å². The summed E-state index contributed by atoms with van der Waals surface area (Å²) >= 11 is 0. The van der Waals surface area contributed by atoms with E-state index in [4.69, 9.17) is 5.73 Å². The molecule has 3 rings (SSSR count). The Morgan fingerprint density at radius 1 is 1.23 bits per heavy atom. The lowest BCUT2D eigenvalue weighted by Gasteiger charge is -2.05. The predicted octanol–water partition coefficient (Wildman–Crippen LogP) is 2.60. The van der Waals surface area contributed by atoms with Crippen LogP contribution in [0, 0.1) is 6.92 Å². The minimum absolute atomic E-state index is 0.0806. The number of nitrogens with zero attached hydrogens (tertiary/aromatic N) is 2. The molecule has 0 bridgehead atoms. The molecule has 3 N–H and O–H groups in total. The van der Waals surface area contributed by atoms with E-state index in [1.807, 2.05) is 60.0 Å². The van der Waals surface area contributed by atoms with Crippen LogP contribution in [0.4, 0.5) is 5.69 Å². The van der Waals surface area contributed by atoms with Gasteiger partial charge in [-0.25, -0.2) is 4.98 Å². The van der Waals surface area contributed by atoms with Gasteiger partial charge in [-0.15, -0.1) is 0 Å². The highest BCUT2D eigenvalue weighted by atomic mass is 16.1. The van der Waals surface area contributed by atoms with Crippen molar-refractivity contribution >= 4 is 17.2 Å². The molecule has 2 heterocycles. The standard InChI is InChI=1S/C17H18N4O/c1-12-17(13-5-3-2-4-6-13)20-15-8-7-14(11-21(12)15)19-16(22)9-10-18/h2-8,11H,9-10,18H2,1H3,(H,19,22). The molecule has 2 aromatic heterocycles. The van der Waals surface area contributed by atoms with Crippen molar-refractivity contribution in [2.24, 2.45) is 5.73 Å². The number of benzene rings is 1. The molecule has 0 saturated heterocycles. The number of imidazole rings is 1. The average molecular weight is 294 g/mol. The first-order chi connectivity index (χ1) is 10.7. The highest BCUT2D eigenvalue weighted by Gasteiger charge is 2.11. The maximum absolute atomic E-state index is 11.6. The number of amides is 1. The number of nitrogens with two attached hydrogens (primary N) is 1. The number of hydrogen-bond donors (Lipinski definition) is 2. The Bertz CT molecular complexity index is 808. The van der Waals surface area contributed by atoms with Gasteiger partial charge in [0, 0.05) is 30.4 Å². The minimum Gasteiger partial charge on any atom is -0.330 e. The summed E-state index contributed by atoms with van der Waals surface area (Å²) in [5.74, 6) is -0.0806. The largest absolute Gasteiger partial charge is 0.330 e. The maximum Gasteiger partial charge on any atom is 0.225 e. The molecule has 112 valence electrons. The molecule has 1 amide bonds. The molecule has 0 aliphatic rings. The zero-order valence-corrected chi connectivity index (χ0v) is 12.4. The van der Waals surface area contributed by atoms with E-state index in [2.05, 4.69) is 10.3 Å². The Labute approximate surface area is 128 Å². The Hall–Kier alpha value is -2.66. The Morgan fingerprint density at radius 2 is 2.00 bits per heavy atom. The van der Waals surface area contributed by atoms with Gasteiger partial charge in [0.2, 0.25) is 5.91 Å². The number of carbonyl (C=O) groups excluding carboxylic acids is 1. The molecule has 0 saturated carbocycles. The van der Waals surface area contributed by atoms with Crippen LogP contribution in [0.15, 0.2) is 48.7 Å². The molecule has 0 spiro atoms. The van der Waals surface area contributed by atoms with Crippen LogP contribution in [0.25, 0.3) is 16.9 Å². The van der Waals surface area contributed by atoms with Gasteiger partial charge in [-0.3, -0.25) is 4.79 Å². The predicted molar refractivity (Wildman–Crippen MR) is 87.7 cm³/mol. The van der Waals surface area contributed by atoms with Crippen molar-refractivity contribution in [1.82, 2.24) is 9.38 Å². The Balaban J connectivity index is 1.99. The summed E-state index contributed by atoms with van der Waals surface area (Å²) in [7, 11) is 0. The van der Waals surface area contributed by atoms with Crippen LogP contribution in [0.2, 0.25) is 0 Å². The number of aryl methyl sites for hydroxylation is 1. The number of fused-ring (bicyclic) bond motifs is 1. The van der Waals surface area contributed by atoms with E-state index >= 15 is 0 Å². The molecule has 3 aromatic rings. The molecular formula is C17H18N4O. The van der Waals surface area contributed by atoms with Crippen LogP contribution >= 0.6 is 0 Å². The van der Waals surface area contributed by atoms with Crippen molar-refractivity contribution in [2.45, 2.75) is 13.3 Å². The van der Waals surface area contributed by atoms with Crippen molar-refractivity contribution in [1.29, 1.82) is 0 Å². The topological polar surface area (TPSA) is 72.4 Å². The number of hydrogen-bond acceptors (Lipinski definition) is 3. The molecule has 5 nitrogen and oxygen atoms in total. The number of anilines is 1. The SMILES string of the molecule is Cc1c(-c2ccccc2)nc2ccc(NC(=O)CCN)cn12. The van der Waals surface area contributed by atoms with E-state index in [9.17, 15) is 4.79 Å². The summed E-state index contributed by atoms with van der Waals surface area (Å²) in [5, 5.41) is 2.84. The lowest BCUT2D eigenvalue weighted by atomic mass is 10.1. The molecule has 0 atom stereocenters. The van der Waals surface area contributed by atoms with Crippen molar-refractivity contribution in [3.05, 3.63) is 54.4 Å². The van der Waals surface area contributed by atoms with Crippen LogP contribution in [-0.2, 0) is 4.79 Å². The van der Waals surface area contributed by atoms with Gasteiger partial charge in [-0.2, -0.15) is 0 Å². The molecule has 0 radical (unpaired) electrons. The number of aromatic nitrogens is 2. The van der Waals surface area contributed by atoms with Crippen LogP contribution in [0.1, 0.15) is 12.1 Å². The summed E-state index contributed by atoms with van der Waals surface area (Å²) in [6, 6.07) is 13.8. The molecule has 0 unspecified atom stereocenters. The normalized spacial score (nSPS) is 10.8. The zero-order chi connectivity index (χ0) is 15.5. The molecule has 1 aromatic carbocycles. The summed E-state index contributed by atoms with van der Waals surface area (Å²) in [6.07, 6.45) is 2.20. The van der Waals surface area contributed by atoms with E-state index in [0.717, 1.165) is 28.3 Å². The first-order valence-corrected chi connectivity index (χ1v) is 7.23. The number of rotatable bonds is 4. The second-order valence-electron chi connectivity index (χ2n) is 5.14. The minimum atomic E-state index is -0.0806. The van der Waals surface area contributed by atoms with E-state index < -0.39 is 0 Å². The van der Waals surface area contributed by atoms with Gasteiger partial charge >= 0.3 is 0 Å². The number of pyridine rings is 1. The molecule has 0 fully saturated rings. The van der Waals surface area contributed by atoms with Crippen molar-refractivity contribution in [3.8, 4) is 11.3 Å². The third-order valence-electron chi connectivity index (χ3n) is 3.56. The van der Waals surface area contributed by atoms with E-state index in [1.54, 1.807) is 0 Å². The highest BCUT2D eigenvalue weighted by molar-refractivity contribution is 5.90. The third kappa shape index (κ3) is 2.71. The fraction of sp³-hybridized carbons (Fsp3) is 0.176. The van der Waals surface area contributed by atoms with Crippen molar-refractivity contribution < 1.29 is 4.79 Å². The Kier molecular flexibility index (Phi) is 3.89. The smallest absolute Gasteiger partial charge is 0.225 e. The lowest BCUT2D eigenvalue weighted by Crippen LogP contribution is -2.16. The number of nitrogens with one attached hydrogen (secondary N) is 1. The van der Waals surface area contributed by atoms with Crippen molar-refractivity contribution in [2.75, 3.05) is 11.9 Å². The summed E-state index contributed by atoms with van der Waals surface area (Å²) in [6.45, 7) is 2.37. The monoisotopic (exact) mass is 294 g/mol. The maximum atomic E-state index is 11.6. The molecular weight excluding hydrogens is 276 g/mol.